The summed E-state index contributed by atoms with van der Waals surface area (Å²) in [7, 11) is 0. The van der Waals surface area contributed by atoms with E-state index in [4.69, 9.17) is 4.42 Å². The molecule has 1 heterocycles. The number of nitrogens with one attached hydrogen (secondary N) is 1. The largest absolute Gasteiger partial charge is 0.421 e. The van der Waals surface area contributed by atoms with Crippen molar-refractivity contribution in [2.75, 3.05) is 6.54 Å². The SMILES string of the molecule is Cc1ccc(-c2nnc(CCCNC(C)(C)C)o2)cc1F. The Bertz CT molecular complexity index is 602. The molecule has 2 aromatic rings. The van der Waals surface area contributed by atoms with Crippen LogP contribution in [0.4, 0.5) is 4.39 Å². The van der Waals surface area contributed by atoms with Gasteiger partial charge in [0.05, 0.1) is 0 Å². The number of benzene rings is 1. The molecular formula is C16H22FN3O. The molecule has 1 N–H and O–H groups in total. The van der Waals surface area contributed by atoms with Crippen LogP contribution in [-0.4, -0.2) is 22.3 Å². The van der Waals surface area contributed by atoms with Crippen molar-refractivity contribution in [2.45, 2.75) is 46.1 Å². The topological polar surface area (TPSA) is 51.0 Å². The van der Waals surface area contributed by atoms with E-state index in [0.29, 0.717) is 29.3 Å². The lowest BCUT2D eigenvalue weighted by Crippen LogP contribution is -2.36. The minimum absolute atomic E-state index is 0.111. The number of hydrogen-bond donors (Lipinski definition) is 1. The van der Waals surface area contributed by atoms with E-state index in [9.17, 15) is 4.39 Å². The molecule has 0 aliphatic heterocycles. The standard InChI is InChI=1S/C16H22FN3O/c1-11-7-8-12(10-13(11)17)15-20-19-14(21-15)6-5-9-18-16(2,3)4/h7-8,10,18H,5-6,9H2,1-4H3. The smallest absolute Gasteiger partial charge is 0.247 e. The summed E-state index contributed by atoms with van der Waals surface area (Å²) in [6.45, 7) is 9.00. The minimum Gasteiger partial charge on any atom is -0.421 e. The Morgan fingerprint density at radius 2 is 2.00 bits per heavy atom. The van der Waals surface area contributed by atoms with E-state index in [1.807, 2.05) is 0 Å². The zero-order valence-electron chi connectivity index (χ0n) is 13.0. The van der Waals surface area contributed by atoms with Gasteiger partial charge >= 0.3 is 0 Å². The predicted octanol–water partition coefficient (Wildman–Crippen LogP) is 3.50. The Balaban J connectivity index is 1.93. The van der Waals surface area contributed by atoms with Gasteiger partial charge in [0.25, 0.3) is 0 Å². The van der Waals surface area contributed by atoms with Gasteiger partial charge in [0, 0.05) is 17.5 Å². The molecule has 0 aliphatic rings. The maximum Gasteiger partial charge on any atom is 0.247 e. The maximum atomic E-state index is 13.5. The van der Waals surface area contributed by atoms with Crippen molar-refractivity contribution in [3.63, 3.8) is 0 Å². The average molecular weight is 291 g/mol. The van der Waals surface area contributed by atoms with Crippen molar-refractivity contribution in [1.82, 2.24) is 15.5 Å². The second-order valence-corrected chi connectivity index (χ2v) is 6.25. The van der Waals surface area contributed by atoms with Gasteiger partial charge < -0.3 is 9.73 Å². The molecule has 114 valence electrons. The summed E-state index contributed by atoms with van der Waals surface area (Å²) in [5.74, 6) is 0.691. The third kappa shape index (κ3) is 4.63. The van der Waals surface area contributed by atoms with Crippen molar-refractivity contribution in [3.05, 3.63) is 35.5 Å². The molecule has 0 aliphatic carbocycles. The molecule has 0 fully saturated rings. The molecule has 0 amide bonds. The van der Waals surface area contributed by atoms with Gasteiger partial charge in [-0.05, 0) is 58.4 Å². The van der Waals surface area contributed by atoms with Crippen LogP contribution in [0.25, 0.3) is 11.5 Å². The Hall–Kier alpha value is -1.75. The number of nitrogens with zero attached hydrogens (tertiary/aromatic N) is 2. The highest BCUT2D eigenvalue weighted by molar-refractivity contribution is 5.53. The zero-order valence-corrected chi connectivity index (χ0v) is 13.0. The maximum absolute atomic E-state index is 13.5. The van der Waals surface area contributed by atoms with E-state index in [0.717, 1.165) is 13.0 Å². The number of halogens is 1. The van der Waals surface area contributed by atoms with Crippen LogP contribution in [0.5, 0.6) is 0 Å². The van der Waals surface area contributed by atoms with E-state index in [2.05, 4.69) is 36.3 Å². The van der Waals surface area contributed by atoms with Gasteiger partial charge in [-0.15, -0.1) is 10.2 Å². The van der Waals surface area contributed by atoms with Crippen LogP contribution in [-0.2, 0) is 6.42 Å². The second-order valence-electron chi connectivity index (χ2n) is 6.25. The third-order valence-electron chi connectivity index (χ3n) is 3.11. The Labute approximate surface area is 124 Å². The van der Waals surface area contributed by atoms with Crippen molar-refractivity contribution < 1.29 is 8.81 Å². The zero-order chi connectivity index (χ0) is 15.5. The van der Waals surface area contributed by atoms with Gasteiger partial charge in [0.15, 0.2) is 0 Å². The minimum atomic E-state index is -0.262. The fourth-order valence-electron chi connectivity index (χ4n) is 1.90. The second kappa shape index (κ2) is 6.35. The van der Waals surface area contributed by atoms with Gasteiger partial charge in [-0.3, -0.25) is 0 Å². The summed E-state index contributed by atoms with van der Waals surface area (Å²) in [6, 6.07) is 4.92. The van der Waals surface area contributed by atoms with Crippen molar-refractivity contribution >= 4 is 0 Å². The van der Waals surface area contributed by atoms with Crippen LogP contribution < -0.4 is 5.32 Å². The molecule has 5 heteroatoms. The summed E-state index contributed by atoms with van der Waals surface area (Å²) in [6.07, 6.45) is 1.63. The molecule has 0 atom stereocenters. The molecule has 0 bridgehead atoms. The first-order chi connectivity index (χ1) is 9.85. The molecule has 0 unspecified atom stereocenters. The molecule has 2 rings (SSSR count). The molecule has 0 radical (unpaired) electrons. The highest BCUT2D eigenvalue weighted by Gasteiger charge is 2.11. The molecule has 4 nitrogen and oxygen atoms in total. The molecule has 1 aromatic heterocycles. The molecule has 0 spiro atoms. The molecule has 1 aromatic carbocycles. The lowest BCUT2D eigenvalue weighted by atomic mass is 10.1. The Kier molecular flexibility index (Phi) is 4.73. The highest BCUT2D eigenvalue weighted by atomic mass is 19.1. The van der Waals surface area contributed by atoms with Gasteiger partial charge in [0.2, 0.25) is 11.8 Å². The Morgan fingerprint density at radius 3 is 2.67 bits per heavy atom. The van der Waals surface area contributed by atoms with Gasteiger partial charge in [-0.2, -0.15) is 0 Å². The predicted molar refractivity (Wildman–Crippen MR) is 80.5 cm³/mol. The van der Waals surface area contributed by atoms with Crippen LogP contribution in [0.3, 0.4) is 0 Å². The summed E-state index contributed by atoms with van der Waals surface area (Å²) in [5, 5.41) is 11.4. The first-order valence-electron chi connectivity index (χ1n) is 7.19. The van der Waals surface area contributed by atoms with Crippen molar-refractivity contribution in [1.29, 1.82) is 0 Å². The van der Waals surface area contributed by atoms with Crippen LogP contribution in [0.15, 0.2) is 22.6 Å². The van der Waals surface area contributed by atoms with Crippen molar-refractivity contribution in [3.8, 4) is 11.5 Å². The van der Waals surface area contributed by atoms with Gasteiger partial charge in [-0.25, -0.2) is 4.39 Å². The molecular weight excluding hydrogens is 269 g/mol. The lowest BCUT2D eigenvalue weighted by molar-refractivity contribution is 0.412. The molecule has 0 saturated carbocycles. The van der Waals surface area contributed by atoms with Crippen LogP contribution in [0.1, 0.15) is 38.6 Å². The summed E-state index contributed by atoms with van der Waals surface area (Å²) in [5.41, 5.74) is 1.33. The van der Waals surface area contributed by atoms with E-state index >= 15 is 0 Å². The quantitative estimate of drug-likeness (QED) is 0.857. The number of aromatic nitrogens is 2. The average Bonchev–Trinajstić information content (AvgIpc) is 2.86. The van der Waals surface area contributed by atoms with Gasteiger partial charge in [-0.1, -0.05) is 6.07 Å². The normalized spacial score (nSPS) is 11.9. The molecule has 0 saturated heterocycles. The first kappa shape index (κ1) is 15.6. The fourth-order valence-corrected chi connectivity index (χ4v) is 1.90. The summed E-state index contributed by atoms with van der Waals surface area (Å²) in [4.78, 5) is 0. The first-order valence-corrected chi connectivity index (χ1v) is 7.19. The van der Waals surface area contributed by atoms with Crippen molar-refractivity contribution in [2.24, 2.45) is 0 Å². The molecule has 21 heavy (non-hydrogen) atoms. The number of rotatable bonds is 5. The third-order valence-corrected chi connectivity index (χ3v) is 3.11. The summed E-state index contributed by atoms with van der Waals surface area (Å²) < 4.78 is 19.1. The van der Waals surface area contributed by atoms with Crippen LogP contribution >= 0.6 is 0 Å². The summed E-state index contributed by atoms with van der Waals surface area (Å²) >= 11 is 0. The number of aryl methyl sites for hydroxylation is 2. The lowest BCUT2D eigenvalue weighted by Gasteiger charge is -2.19. The monoisotopic (exact) mass is 291 g/mol. The van der Waals surface area contributed by atoms with E-state index < -0.39 is 0 Å². The van der Waals surface area contributed by atoms with Crippen LogP contribution in [0.2, 0.25) is 0 Å². The van der Waals surface area contributed by atoms with E-state index in [-0.39, 0.29) is 11.4 Å². The highest BCUT2D eigenvalue weighted by Crippen LogP contribution is 2.20. The number of hydrogen-bond acceptors (Lipinski definition) is 4. The Morgan fingerprint density at radius 1 is 1.24 bits per heavy atom. The van der Waals surface area contributed by atoms with Crippen LogP contribution in [0, 0.1) is 12.7 Å². The van der Waals surface area contributed by atoms with E-state index in [1.54, 1.807) is 19.1 Å². The van der Waals surface area contributed by atoms with E-state index in [1.165, 1.54) is 6.07 Å². The van der Waals surface area contributed by atoms with Gasteiger partial charge in [0.1, 0.15) is 5.82 Å². The fraction of sp³-hybridized carbons (Fsp3) is 0.500.